The molecule has 1 saturated heterocycles. The second-order valence-electron chi connectivity index (χ2n) is 8.57. The second-order valence-corrected chi connectivity index (χ2v) is 10.5. The molecule has 0 bridgehead atoms. The van der Waals surface area contributed by atoms with Crippen molar-refractivity contribution in [1.82, 2.24) is 4.31 Å². The number of carbonyl (C=O) groups excluding carboxylic acids is 1. The number of nitrogens with one attached hydrogen (secondary N) is 1. The van der Waals surface area contributed by atoms with Crippen LogP contribution in [0.2, 0.25) is 0 Å². The van der Waals surface area contributed by atoms with Gasteiger partial charge in [-0.2, -0.15) is 4.31 Å². The maximum absolute atomic E-state index is 13.7. The van der Waals surface area contributed by atoms with Gasteiger partial charge in [0.05, 0.1) is 10.6 Å². The van der Waals surface area contributed by atoms with Gasteiger partial charge in [-0.05, 0) is 48.1 Å². The van der Waals surface area contributed by atoms with E-state index in [0.717, 1.165) is 23.8 Å². The number of halogens is 2. The summed E-state index contributed by atoms with van der Waals surface area (Å²) in [6.07, 6.45) is 0.615. The van der Waals surface area contributed by atoms with Crippen LogP contribution in [0.15, 0.2) is 47.4 Å². The Labute approximate surface area is 176 Å². The maximum atomic E-state index is 13.7. The van der Waals surface area contributed by atoms with Crippen LogP contribution < -0.4 is 5.32 Å². The van der Waals surface area contributed by atoms with Gasteiger partial charge in [-0.1, -0.05) is 32.9 Å². The molecule has 1 N–H and O–H groups in total. The Kier molecular flexibility index (Phi) is 6.29. The Morgan fingerprint density at radius 2 is 1.63 bits per heavy atom. The van der Waals surface area contributed by atoms with E-state index in [1.165, 1.54) is 4.31 Å². The average Bonchev–Trinajstić information content (AvgIpc) is 2.70. The van der Waals surface area contributed by atoms with E-state index in [-0.39, 0.29) is 29.1 Å². The number of benzene rings is 2. The van der Waals surface area contributed by atoms with Gasteiger partial charge in [0.1, 0.15) is 11.6 Å². The molecule has 2 aromatic carbocycles. The molecule has 1 amide bonds. The third-order valence-corrected chi connectivity index (χ3v) is 7.28. The first-order valence-electron chi connectivity index (χ1n) is 9.85. The molecule has 0 unspecified atom stereocenters. The molecule has 8 heteroatoms. The number of amides is 1. The summed E-state index contributed by atoms with van der Waals surface area (Å²) in [7, 11) is -3.65. The lowest BCUT2D eigenvalue weighted by Crippen LogP contribution is -2.41. The van der Waals surface area contributed by atoms with Gasteiger partial charge in [-0.15, -0.1) is 0 Å². The van der Waals surface area contributed by atoms with E-state index in [2.05, 4.69) is 26.1 Å². The monoisotopic (exact) mass is 436 g/mol. The van der Waals surface area contributed by atoms with E-state index in [9.17, 15) is 22.0 Å². The Balaban J connectivity index is 1.64. The summed E-state index contributed by atoms with van der Waals surface area (Å²) in [4.78, 5) is 12.6. The number of rotatable bonds is 4. The van der Waals surface area contributed by atoms with Crippen molar-refractivity contribution in [3.63, 3.8) is 0 Å². The smallest absolute Gasteiger partial charge is 0.243 e. The van der Waals surface area contributed by atoms with Crippen LogP contribution in [0.4, 0.5) is 14.5 Å². The fraction of sp³-hybridized carbons (Fsp3) is 0.409. The maximum Gasteiger partial charge on any atom is 0.243 e. The SMILES string of the molecule is CC(C)(C)c1ccc(S(=O)(=O)N2CCC(C(=O)Nc3cc(F)ccc3F)CC2)cc1. The molecular formula is C22H26F2N2O3S. The van der Waals surface area contributed by atoms with Crippen molar-refractivity contribution in [2.24, 2.45) is 5.92 Å². The van der Waals surface area contributed by atoms with Crippen LogP contribution >= 0.6 is 0 Å². The van der Waals surface area contributed by atoms with Gasteiger partial charge >= 0.3 is 0 Å². The van der Waals surface area contributed by atoms with Crippen molar-refractivity contribution >= 4 is 21.6 Å². The Morgan fingerprint density at radius 3 is 2.20 bits per heavy atom. The van der Waals surface area contributed by atoms with Crippen molar-refractivity contribution in [1.29, 1.82) is 0 Å². The van der Waals surface area contributed by atoms with Crippen LogP contribution in [0, 0.1) is 17.6 Å². The molecule has 1 heterocycles. The van der Waals surface area contributed by atoms with Gasteiger partial charge in [-0.25, -0.2) is 17.2 Å². The van der Waals surface area contributed by atoms with E-state index in [1.807, 2.05) is 12.1 Å². The highest BCUT2D eigenvalue weighted by atomic mass is 32.2. The molecular weight excluding hydrogens is 410 g/mol. The zero-order chi connectivity index (χ0) is 22.1. The number of anilines is 1. The highest BCUT2D eigenvalue weighted by Crippen LogP contribution is 2.28. The van der Waals surface area contributed by atoms with Crippen LogP contribution in [0.3, 0.4) is 0 Å². The molecule has 1 aliphatic rings. The highest BCUT2D eigenvalue weighted by Gasteiger charge is 2.32. The van der Waals surface area contributed by atoms with E-state index in [4.69, 9.17) is 0 Å². The normalized spacial score (nSPS) is 16.4. The Bertz CT molecular complexity index is 1020. The molecule has 1 aliphatic heterocycles. The van der Waals surface area contributed by atoms with Gasteiger partial charge in [0.15, 0.2) is 0 Å². The third-order valence-electron chi connectivity index (χ3n) is 5.37. The predicted molar refractivity (Wildman–Crippen MR) is 112 cm³/mol. The summed E-state index contributed by atoms with van der Waals surface area (Å²) in [6, 6.07) is 9.71. The summed E-state index contributed by atoms with van der Waals surface area (Å²) >= 11 is 0. The van der Waals surface area contributed by atoms with E-state index in [0.29, 0.717) is 12.8 Å². The number of piperidine rings is 1. The van der Waals surface area contributed by atoms with Gasteiger partial charge in [0, 0.05) is 25.1 Å². The lowest BCUT2D eigenvalue weighted by Gasteiger charge is -2.30. The molecule has 2 aromatic rings. The molecule has 3 rings (SSSR count). The van der Waals surface area contributed by atoms with Crippen LogP contribution in [-0.4, -0.2) is 31.7 Å². The van der Waals surface area contributed by atoms with E-state index < -0.39 is 33.5 Å². The molecule has 0 atom stereocenters. The minimum Gasteiger partial charge on any atom is -0.323 e. The lowest BCUT2D eigenvalue weighted by atomic mass is 9.87. The summed E-state index contributed by atoms with van der Waals surface area (Å²) in [6.45, 7) is 6.55. The summed E-state index contributed by atoms with van der Waals surface area (Å²) < 4.78 is 54.2. The fourth-order valence-electron chi connectivity index (χ4n) is 3.46. The highest BCUT2D eigenvalue weighted by molar-refractivity contribution is 7.89. The van der Waals surface area contributed by atoms with E-state index >= 15 is 0 Å². The first-order chi connectivity index (χ1) is 14.0. The molecule has 1 fully saturated rings. The second kappa shape index (κ2) is 8.43. The number of carbonyl (C=O) groups is 1. The van der Waals surface area contributed by atoms with Crippen molar-refractivity contribution < 1.29 is 22.0 Å². The number of hydrogen-bond acceptors (Lipinski definition) is 3. The topological polar surface area (TPSA) is 66.5 Å². The largest absolute Gasteiger partial charge is 0.323 e. The molecule has 0 aromatic heterocycles. The first kappa shape index (κ1) is 22.4. The van der Waals surface area contributed by atoms with Gasteiger partial charge in [0.2, 0.25) is 15.9 Å². The molecule has 0 spiro atoms. The number of nitrogens with zero attached hydrogens (tertiary/aromatic N) is 1. The van der Waals surface area contributed by atoms with E-state index in [1.54, 1.807) is 12.1 Å². The molecule has 0 aliphatic carbocycles. The molecule has 0 saturated carbocycles. The van der Waals surface area contributed by atoms with Crippen molar-refractivity contribution in [2.45, 2.75) is 43.9 Å². The predicted octanol–water partition coefficient (Wildman–Crippen LogP) is 4.30. The number of hydrogen-bond donors (Lipinski definition) is 1. The lowest BCUT2D eigenvalue weighted by molar-refractivity contribution is -0.120. The molecule has 0 radical (unpaired) electrons. The standard InChI is InChI=1S/C22H26F2N2O3S/c1-22(2,3)16-4-7-18(8-5-16)30(28,29)26-12-10-15(11-13-26)21(27)25-20-14-17(23)6-9-19(20)24/h4-9,14-15H,10-13H2,1-3H3,(H,25,27). The average molecular weight is 437 g/mol. The van der Waals surface area contributed by atoms with Crippen molar-refractivity contribution in [3.8, 4) is 0 Å². The van der Waals surface area contributed by atoms with Crippen LogP contribution in [0.5, 0.6) is 0 Å². The fourth-order valence-corrected chi connectivity index (χ4v) is 4.93. The summed E-state index contributed by atoms with van der Waals surface area (Å²) in [5, 5.41) is 2.40. The quantitative estimate of drug-likeness (QED) is 0.777. The molecule has 5 nitrogen and oxygen atoms in total. The molecule has 162 valence electrons. The number of sulfonamides is 1. The minimum atomic E-state index is -3.65. The van der Waals surface area contributed by atoms with Crippen LogP contribution in [0.25, 0.3) is 0 Å². The van der Waals surface area contributed by atoms with Crippen LogP contribution in [0.1, 0.15) is 39.2 Å². The first-order valence-corrected chi connectivity index (χ1v) is 11.3. The summed E-state index contributed by atoms with van der Waals surface area (Å²) in [5.74, 6) is -2.28. The third kappa shape index (κ3) is 4.87. The van der Waals surface area contributed by atoms with Crippen LogP contribution in [-0.2, 0) is 20.2 Å². The van der Waals surface area contributed by atoms with Gasteiger partial charge in [0.25, 0.3) is 0 Å². The molecule has 30 heavy (non-hydrogen) atoms. The minimum absolute atomic E-state index is 0.0743. The zero-order valence-corrected chi connectivity index (χ0v) is 18.1. The Hall–Kier alpha value is -2.32. The Morgan fingerprint density at radius 1 is 1.03 bits per heavy atom. The zero-order valence-electron chi connectivity index (χ0n) is 17.3. The van der Waals surface area contributed by atoms with Crippen molar-refractivity contribution in [2.75, 3.05) is 18.4 Å². The summed E-state index contributed by atoms with van der Waals surface area (Å²) in [5.41, 5.74) is 0.755. The van der Waals surface area contributed by atoms with Crippen molar-refractivity contribution in [3.05, 3.63) is 59.7 Å². The van der Waals surface area contributed by atoms with Gasteiger partial charge in [-0.3, -0.25) is 4.79 Å². The van der Waals surface area contributed by atoms with Gasteiger partial charge < -0.3 is 5.32 Å².